The summed E-state index contributed by atoms with van der Waals surface area (Å²) in [7, 11) is -3.13. The zero-order chi connectivity index (χ0) is 20.1. The Kier molecular flexibility index (Phi) is 21.7. The second kappa shape index (κ2) is 19.7. The minimum atomic E-state index is -3.13. The summed E-state index contributed by atoms with van der Waals surface area (Å²) in [5, 5.41) is 8.29. The lowest BCUT2D eigenvalue weighted by Crippen LogP contribution is -2.08. The topological polar surface area (TPSA) is 70.0 Å². The molecule has 0 heterocycles. The van der Waals surface area contributed by atoms with Crippen LogP contribution in [0.2, 0.25) is 0 Å². The number of benzene rings is 2. The van der Waals surface area contributed by atoms with E-state index in [2.05, 4.69) is 4.72 Å². The lowest BCUT2D eigenvalue weighted by Gasteiger charge is -2.00. The van der Waals surface area contributed by atoms with E-state index in [1.807, 2.05) is 71.9 Å². The summed E-state index contributed by atoms with van der Waals surface area (Å²) < 4.78 is 23.7. The van der Waals surface area contributed by atoms with Crippen molar-refractivity contribution in [3.05, 3.63) is 66.2 Å². The summed E-state index contributed by atoms with van der Waals surface area (Å²) in [6.45, 7) is 12.0. The van der Waals surface area contributed by atoms with E-state index in [1.165, 1.54) is 0 Å². The first-order chi connectivity index (χ1) is 12.0. The van der Waals surface area contributed by atoms with E-state index in [4.69, 9.17) is 5.26 Å². The largest absolute Gasteiger partial charge is 0.284 e. The van der Waals surface area contributed by atoms with Crippen LogP contribution >= 0.6 is 0 Å². The summed E-state index contributed by atoms with van der Waals surface area (Å²) in [4.78, 5) is 0. The Morgan fingerprint density at radius 1 is 0.800 bits per heavy atom. The molecular weight excluding hydrogens is 332 g/mol. The molecule has 2 aromatic rings. The fourth-order valence-electron chi connectivity index (χ4n) is 1.23. The van der Waals surface area contributed by atoms with Crippen molar-refractivity contribution in [3.63, 3.8) is 0 Å². The highest BCUT2D eigenvalue weighted by Crippen LogP contribution is 2.05. The smallest absolute Gasteiger partial charge is 0.229 e. The number of hydrogen-bond donors (Lipinski definition) is 1. The Balaban J connectivity index is -0.000000143. The maximum Gasteiger partial charge on any atom is 0.229 e. The maximum atomic E-state index is 10.7. The molecule has 0 unspecified atom stereocenters. The van der Waals surface area contributed by atoms with Crippen LogP contribution in [0.4, 0.5) is 5.69 Å². The third-order valence-corrected chi connectivity index (χ3v) is 2.59. The number of anilines is 1. The van der Waals surface area contributed by atoms with Crippen LogP contribution in [-0.2, 0) is 10.0 Å². The number of sulfonamides is 1. The zero-order valence-electron chi connectivity index (χ0n) is 16.4. The zero-order valence-corrected chi connectivity index (χ0v) is 17.3. The molecule has 0 radical (unpaired) electrons. The molecule has 0 aliphatic carbocycles. The Bertz CT molecular complexity index is 641. The number of nitrogens with zero attached hydrogens (tertiary/aromatic N) is 1. The second-order valence-electron chi connectivity index (χ2n) is 3.72. The highest BCUT2D eigenvalue weighted by atomic mass is 32.2. The van der Waals surface area contributed by atoms with Gasteiger partial charge in [-0.05, 0) is 24.3 Å². The van der Waals surface area contributed by atoms with Crippen LogP contribution in [0.1, 0.15) is 48.5 Å². The minimum Gasteiger partial charge on any atom is -0.284 e. The van der Waals surface area contributed by atoms with E-state index in [9.17, 15) is 8.42 Å². The van der Waals surface area contributed by atoms with Crippen LogP contribution in [0.25, 0.3) is 0 Å². The molecule has 0 amide bonds. The van der Waals surface area contributed by atoms with Crippen molar-refractivity contribution in [3.8, 4) is 6.07 Å². The van der Waals surface area contributed by atoms with Crippen molar-refractivity contribution in [2.75, 3.05) is 11.0 Å². The molecule has 0 fully saturated rings. The van der Waals surface area contributed by atoms with E-state index in [-0.39, 0.29) is 1.43 Å². The standard InChI is InChI=1S/C7H9NO2S.C7H5N.3C2H6.H2/c1-11(9,10)8-7-5-3-2-4-6-7;8-6-7-4-2-1-3-5-7;3*1-2;/h2-6,8H,1H3;1-5H;3*1-2H3;1H. The van der Waals surface area contributed by atoms with E-state index in [1.54, 1.807) is 36.4 Å². The number of hydrogen-bond acceptors (Lipinski definition) is 3. The van der Waals surface area contributed by atoms with Gasteiger partial charge in [-0.1, -0.05) is 77.9 Å². The Labute approximate surface area is 156 Å². The molecule has 0 saturated heterocycles. The number of nitriles is 1. The molecule has 0 spiro atoms. The van der Waals surface area contributed by atoms with Gasteiger partial charge in [0.1, 0.15) is 0 Å². The van der Waals surface area contributed by atoms with Gasteiger partial charge in [0.2, 0.25) is 10.0 Å². The minimum absolute atomic E-state index is 0. The van der Waals surface area contributed by atoms with Crippen molar-refractivity contribution in [2.24, 2.45) is 0 Å². The van der Waals surface area contributed by atoms with Gasteiger partial charge in [0.25, 0.3) is 0 Å². The third-order valence-electron chi connectivity index (χ3n) is 1.98. The van der Waals surface area contributed by atoms with Crippen LogP contribution in [0.15, 0.2) is 60.7 Å². The van der Waals surface area contributed by atoms with Crippen molar-refractivity contribution < 1.29 is 9.84 Å². The fourth-order valence-corrected chi connectivity index (χ4v) is 1.80. The molecule has 0 atom stereocenters. The van der Waals surface area contributed by atoms with Gasteiger partial charge in [-0.3, -0.25) is 4.72 Å². The van der Waals surface area contributed by atoms with Gasteiger partial charge < -0.3 is 0 Å². The van der Waals surface area contributed by atoms with Crippen LogP contribution in [0, 0.1) is 11.3 Å². The lowest BCUT2D eigenvalue weighted by molar-refractivity contribution is 0.607. The predicted octanol–water partition coefficient (Wildman–Crippen LogP) is 5.94. The fraction of sp³-hybridized carbons (Fsp3) is 0.350. The molecule has 25 heavy (non-hydrogen) atoms. The molecule has 0 aliphatic heterocycles. The normalized spacial score (nSPS) is 8.08. The summed E-state index contributed by atoms with van der Waals surface area (Å²) in [5.74, 6) is 0. The quantitative estimate of drug-likeness (QED) is 0.715. The Morgan fingerprint density at radius 2 is 1.16 bits per heavy atom. The average molecular weight is 367 g/mol. The number of nitrogens with one attached hydrogen (secondary N) is 1. The Hall–Kier alpha value is -2.32. The maximum absolute atomic E-state index is 10.7. The van der Waals surface area contributed by atoms with Gasteiger partial charge in [-0.2, -0.15) is 5.26 Å². The lowest BCUT2D eigenvalue weighted by atomic mass is 10.2. The molecule has 4 nitrogen and oxygen atoms in total. The highest BCUT2D eigenvalue weighted by Gasteiger charge is 1.98. The van der Waals surface area contributed by atoms with Gasteiger partial charge in [-0.15, -0.1) is 0 Å². The average Bonchev–Trinajstić information content (AvgIpc) is 2.67. The SMILES string of the molecule is CC.CC.CC.CS(=O)(=O)Nc1ccccc1.N#Cc1ccccc1.[HH]. The molecule has 2 aromatic carbocycles. The van der Waals surface area contributed by atoms with Crippen molar-refractivity contribution in [1.82, 2.24) is 0 Å². The Morgan fingerprint density at radius 3 is 1.44 bits per heavy atom. The summed E-state index contributed by atoms with van der Waals surface area (Å²) >= 11 is 0. The van der Waals surface area contributed by atoms with E-state index < -0.39 is 10.0 Å². The highest BCUT2D eigenvalue weighted by molar-refractivity contribution is 7.92. The van der Waals surface area contributed by atoms with Crippen LogP contribution in [-0.4, -0.2) is 14.7 Å². The first-order valence-corrected chi connectivity index (χ1v) is 10.4. The van der Waals surface area contributed by atoms with Crippen molar-refractivity contribution >= 4 is 15.7 Å². The number of rotatable bonds is 2. The van der Waals surface area contributed by atoms with Gasteiger partial charge in [0.15, 0.2) is 0 Å². The van der Waals surface area contributed by atoms with Gasteiger partial charge in [-0.25, -0.2) is 8.42 Å². The molecule has 0 bridgehead atoms. The predicted molar refractivity (Wildman–Crippen MR) is 112 cm³/mol. The molecule has 142 valence electrons. The van der Waals surface area contributed by atoms with Gasteiger partial charge in [0, 0.05) is 7.11 Å². The molecule has 0 aromatic heterocycles. The molecule has 5 heteroatoms. The monoisotopic (exact) mass is 366 g/mol. The summed E-state index contributed by atoms with van der Waals surface area (Å²) in [5.41, 5.74) is 1.31. The van der Waals surface area contributed by atoms with Crippen molar-refractivity contribution in [2.45, 2.75) is 41.5 Å². The third kappa shape index (κ3) is 19.6. The van der Waals surface area contributed by atoms with E-state index in [0.717, 1.165) is 6.26 Å². The first kappa shape index (κ1) is 27.5. The van der Waals surface area contributed by atoms with E-state index in [0.29, 0.717) is 11.3 Å². The molecule has 0 aliphatic rings. The molecule has 0 saturated carbocycles. The molecule has 2 rings (SSSR count). The van der Waals surface area contributed by atoms with E-state index >= 15 is 0 Å². The second-order valence-corrected chi connectivity index (χ2v) is 5.47. The van der Waals surface area contributed by atoms with Crippen LogP contribution < -0.4 is 4.72 Å². The van der Waals surface area contributed by atoms with Gasteiger partial charge >= 0.3 is 0 Å². The van der Waals surface area contributed by atoms with Crippen LogP contribution in [0.3, 0.4) is 0 Å². The number of para-hydroxylation sites is 1. The van der Waals surface area contributed by atoms with Crippen molar-refractivity contribution in [1.29, 1.82) is 5.26 Å². The molecular formula is C20H34N2O2S. The van der Waals surface area contributed by atoms with Crippen LogP contribution in [0.5, 0.6) is 0 Å². The summed E-state index contributed by atoms with van der Waals surface area (Å²) in [6.07, 6.45) is 1.12. The van der Waals surface area contributed by atoms with Gasteiger partial charge in [0.05, 0.1) is 17.9 Å². The molecule has 1 N–H and O–H groups in total. The first-order valence-electron chi connectivity index (χ1n) is 8.49. The summed E-state index contributed by atoms with van der Waals surface area (Å²) in [6, 6.07) is 19.9.